The first-order valence-corrected chi connectivity index (χ1v) is 7.93. The molecule has 1 aromatic carbocycles. The fraction of sp³-hybridized carbons (Fsp3) is 0.429. The third-order valence-electron chi connectivity index (χ3n) is 3.42. The first kappa shape index (κ1) is 19.4. The number of nitrogens with one attached hydrogen (secondary N) is 2. The summed E-state index contributed by atoms with van der Waals surface area (Å²) in [7, 11) is 0. The maximum atomic E-state index is 13.4. The molecular weight excluding hydrogens is 372 g/mol. The Labute approximate surface area is 143 Å². The van der Waals surface area contributed by atoms with E-state index in [4.69, 9.17) is 0 Å². The summed E-state index contributed by atoms with van der Waals surface area (Å²) in [6, 6.07) is 5.40. The molecule has 1 aliphatic heterocycles. The first-order chi connectivity index (χ1) is 11.5. The summed E-state index contributed by atoms with van der Waals surface area (Å²) in [6.45, 7) is 1.49. The second kappa shape index (κ2) is 6.77. The zero-order valence-corrected chi connectivity index (χ0v) is 13.6. The van der Waals surface area contributed by atoms with Gasteiger partial charge in [0.15, 0.2) is 5.17 Å². The van der Waals surface area contributed by atoms with E-state index in [1.807, 2.05) is 0 Å². The Bertz CT molecular complexity index is 672. The van der Waals surface area contributed by atoms with Gasteiger partial charge in [-0.05, 0) is 18.6 Å². The van der Waals surface area contributed by atoms with Gasteiger partial charge in [0.2, 0.25) is 0 Å². The summed E-state index contributed by atoms with van der Waals surface area (Å²) in [4.78, 5) is 15.7. The number of thioether (sulfide) groups is 1. The molecule has 4 nitrogen and oxygen atoms in total. The van der Waals surface area contributed by atoms with E-state index < -0.39 is 29.1 Å². The number of aliphatic imine (C=N–C) groups is 1. The normalized spacial score (nSPS) is 15.7. The van der Waals surface area contributed by atoms with Crippen molar-refractivity contribution in [2.45, 2.75) is 24.9 Å². The lowest BCUT2D eigenvalue weighted by Crippen LogP contribution is -2.76. The van der Waals surface area contributed by atoms with Crippen molar-refractivity contribution in [3.63, 3.8) is 0 Å². The van der Waals surface area contributed by atoms with Crippen molar-refractivity contribution in [3.8, 4) is 0 Å². The van der Waals surface area contributed by atoms with Gasteiger partial charge in [0, 0.05) is 11.3 Å². The summed E-state index contributed by atoms with van der Waals surface area (Å²) in [6.07, 6.45) is -11.7. The van der Waals surface area contributed by atoms with E-state index in [1.54, 1.807) is 0 Å². The highest BCUT2D eigenvalue weighted by molar-refractivity contribution is 8.14. The van der Waals surface area contributed by atoms with Gasteiger partial charge in [0.05, 0.1) is 6.54 Å². The van der Waals surface area contributed by atoms with Crippen LogP contribution in [0.3, 0.4) is 0 Å². The number of amidine groups is 1. The summed E-state index contributed by atoms with van der Waals surface area (Å²) in [5.41, 5.74) is -4.69. The minimum absolute atomic E-state index is 0.0878. The van der Waals surface area contributed by atoms with Gasteiger partial charge in [0.1, 0.15) is 0 Å². The van der Waals surface area contributed by atoms with Gasteiger partial charge in [-0.15, -0.1) is 0 Å². The second-order valence-corrected chi connectivity index (χ2v) is 6.26. The zero-order valence-electron chi connectivity index (χ0n) is 12.8. The number of benzene rings is 1. The van der Waals surface area contributed by atoms with E-state index in [0.29, 0.717) is 11.8 Å². The van der Waals surface area contributed by atoms with Gasteiger partial charge < -0.3 is 10.6 Å². The lowest BCUT2D eigenvalue weighted by atomic mass is 10.1. The van der Waals surface area contributed by atoms with Crippen molar-refractivity contribution in [3.05, 3.63) is 35.4 Å². The van der Waals surface area contributed by atoms with Crippen molar-refractivity contribution in [2.75, 3.05) is 12.3 Å². The Morgan fingerprint density at radius 2 is 1.72 bits per heavy atom. The fourth-order valence-electron chi connectivity index (χ4n) is 2.11. The van der Waals surface area contributed by atoms with Crippen LogP contribution in [0.5, 0.6) is 0 Å². The van der Waals surface area contributed by atoms with Gasteiger partial charge in [-0.2, -0.15) is 26.3 Å². The number of rotatable bonds is 3. The molecule has 0 radical (unpaired) electrons. The van der Waals surface area contributed by atoms with Crippen LogP contribution in [-0.2, 0) is 0 Å². The van der Waals surface area contributed by atoms with E-state index in [2.05, 4.69) is 4.99 Å². The molecule has 0 saturated carbocycles. The molecular formula is C14H13F6N3OS. The largest absolute Gasteiger partial charge is 0.439 e. The number of alkyl halides is 6. The average molecular weight is 385 g/mol. The summed E-state index contributed by atoms with van der Waals surface area (Å²) >= 11 is 0.715. The molecule has 0 aromatic heterocycles. The molecule has 2 rings (SSSR count). The van der Waals surface area contributed by atoms with E-state index >= 15 is 0 Å². The highest BCUT2D eigenvalue weighted by Gasteiger charge is 2.73. The number of nitrogens with zero attached hydrogens (tertiary/aromatic N) is 1. The van der Waals surface area contributed by atoms with Crippen LogP contribution < -0.4 is 10.6 Å². The second-order valence-electron chi connectivity index (χ2n) is 5.17. The Balaban J connectivity index is 2.46. The van der Waals surface area contributed by atoms with Gasteiger partial charge in [-0.25, -0.2) is 0 Å². The van der Waals surface area contributed by atoms with E-state index in [0.717, 1.165) is 11.4 Å². The molecule has 138 valence electrons. The lowest BCUT2D eigenvalue weighted by molar-refractivity contribution is -0.309. The smallest absolute Gasteiger partial charge is 0.327 e. The van der Waals surface area contributed by atoms with Crippen molar-refractivity contribution < 1.29 is 31.1 Å². The summed E-state index contributed by atoms with van der Waals surface area (Å²) in [5.74, 6) is -1.25. The van der Waals surface area contributed by atoms with Gasteiger partial charge >= 0.3 is 18.0 Å². The lowest BCUT2D eigenvalue weighted by Gasteiger charge is -2.38. The number of amides is 1. The maximum Gasteiger partial charge on any atom is 0.439 e. The Kier molecular flexibility index (Phi) is 5.26. The monoisotopic (exact) mass is 385 g/mol. The molecule has 1 aromatic rings. The highest BCUT2D eigenvalue weighted by atomic mass is 32.2. The van der Waals surface area contributed by atoms with Crippen molar-refractivity contribution in [1.82, 2.24) is 10.6 Å². The summed E-state index contributed by atoms with van der Waals surface area (Å²) < 4.78 is 80.6. The number of hydrogen-bond donors (Lipinski definition) is 2. The van der Waals surface area contributed by atoms with Crippen LogP contribution in [0, 0.1) is 6.92 Å². The molecule has 0 fully saturated rings. The number of hydrogen-bond acceptors (Lipinski definition) is 4. The average Bonchev–Trinajstić information content (AvgIpc) is 2.97. The summed E-state index contributed by atoms with van der Waals surface area (Å²) in [5, 5.41) is 1.93. The van der Waals surface area contributed by atoms with Crippen LogP contribution in [0.2, 0.25) is 0 Å². The fourth-order valence-corrected chi connectivity index (χ4v) is 2.90. The van der Waals surface area contributed by atoms with Gasteiger partial charge in [0.25, 0.3) is 5.91 Å². The standard InChI is InChI=1S/C14H13F6N3OS/c1-8-4-2-3-5-9(8)10(24)22-12(13(15,16)17,14(18,19)20)23-11-21-6-7-25-11/h2-5H,6-7H2,1H3,(H,21,23)(H,22,24). The van der Waals surface area contributed by atoms with Crippen molar-refractivity contribution in [1.29, 1.82) is 0 Å². The molecule has 1 aliphatic rings. The SMILES string of the molecule is Cc1ccccc1C(=O)NC(NC1=NCCS1)(C(F)(F)F)C(F)(F)F. The first-order valence-electron chi connectivity index (χ1n) is 6.95. The molecule has 0 saturated heterocycles. The molecule has 0 aliphatic carbocycles. The minimum atomic E-state index is -5.85. The Morgan fingerprint density at radius 1 is 1.12 bits per heavy atom. The van der Waals surface area contributed by atoms with E-state index in [9.17, 15) is 31.1 Å². The van der Waals surface area contributed by atoms with Crippen molar-refractivity contribution in [2.24, 2.45) is 4.99 Å². The Hall–Kier alpha value is -1.91. The quantitative estimate of drug-likeness (QED) is 0.621. The number of aryl methyl sites for hydroxylation is 1. The topological polar surface area (TPSA) is 53.5 Å². The third kappa shape index (κ3) is 3.86. The predicted molar refractivity (Wildman–Crippen MR) is 81.4 cm³/mol. The van der Waals surface area contributed by atoms with Gasteiger partial charge in [-0.3, -0.25) is 9.79 Å². The van der Waals surface area contributed by atoms with Crippen LogP contribution in [0.1, 0.15) is 15.9 Å². The molecule has 1 amide bonds. The molecule has 1 heterocycles. The maximum absolute atomic E-state index is 13.4. The Morgan fingerprint density at radius 3 is 2.20 bits per heavy atom. The van der Waals surface area contributed by atoms with Crippen LogP contribution in [-0.4, -0.2) is 41.4 Å². The molecule has 11 heteroatoms. The zero-order chi connectivity index (χ0) is 18.9. The highest BCUT2D eigenvalue weighted by Crippen LogP contribution is 2.42. The number of carbonyl (C=O) groups excluding carboxylic acids is 1. The van der Waals surface area contributed by atoms with Crippen LogP contribution >= 0.6 is 11.8 Å². The van der Waals surface area contributed by atoms with Crippen LogP contribution in [0.4, 0.5) is 26.3 Å². The minimum Gasteiger partial charge on any atom is -0.327 e. The third-order valence-corrected chi connectivity index (χ3v) is 4.31. The molecule has 0 atom stereocenters. The van der Waals surface area contributed by atoms with E-state index in [1.165, 1.54) is 30.4 Å². The molecule has 2 N–H and O–H groups in total. The van der Waals surface area contributed by atoms with Crippen LogP contribution in [0.15, 0.2) is 29.3 Å². The molecule has 0 bridgehead atoms. The van der Waals surface area contributed by atoms with Gasteiger partial charge in [-0.1, -0.05) is 30.0 Å². The van der Waals surface area contributed by atoms with Crippen LogP contribution in [0.25, 0.3) is 0 Å². The van der Waals surface area contributed by atoms with E-state index in [-0.39, 0.29) is 23.4 Å². The molecule has 25 heavy (non-hydrogen) atoms. The number of carbonyl (C=O) groups is 1. The molecule has 0 unspecified atom stereocenters. The molecule has 0 spiro atoms. The van der Waals surface area contributed by atoms with Crippen molar-refractivity contribution >= 4 is 22.8 Å². The number of halogens is 6. The predicted octanol–water partition coefficient (Wildman–Crippen LogP) is 3.24.